The van der Waals surface area contributed by atoms with E-state index < -0.39 is 0 Å². The molecule has 0 aliphatic carbocycles. The van der Waals surface area contributed by atoms with Gasteiger partial charge in [-0.2, -0.15) is 0 Å². The van der Waals surface area contributed by atoms with Crippen LogP contribution in [0.5, 0.6) is 5.75 Å². The predicted molar refractivity (Wildman–Crippen MR) is 79.5 cm³/mol. The van der Waals surface area contributed by atoms with E-state index in [0.29, 0.717) is 6.04 Å². The smallest absolute Gasteiger partial charge is 0.157 e. The van der Waals surface area contributed by atoms with E-state index in [2.05, 4.69) is 31.0 Å². The molecule has 1 aromatic carbocycles. The normalized spacial score (nSPS) is 12.1. The van der Waals surface area contributed by atoms with Crippen LogP contribution in [0.3, 0.4) is 0 Å². The quantitative estimate of drug-likeness (QED) is 0.787. The van der Waals surface area contributed by atoms with E-state index in [0.717, 1.165) is 24.5 Å². The van der Waals surface area contributed by atoms with E-state index in [1.807, 2.05) is 24.3 Å². The van der Waals surface area contributed by atoms with Crippen LogP contribution in [0.2, 0.25) is 0 Å². The zero-order valence-corrected chi connectivity index (χ0v) is 12.1. The molecule has 0 saturated carbocycles. The summed E-state index contributed by atoms with van der Waals surface area (Å²) in [6.45, 7) is 6.93. The Morgan fingerprint density at radius 3 is 2.60 bits per heavy atom. The molecule has 0 aliphatic rings. The second-order valence-electron chi connectivity index (χ2n) is 5.06. The first kappa shape index (κ1) is 14.4. The monoisotopic (exact) mass is 272 g/mol. The van der Waals surface area contributed by atoms with Gasteiger partial charge in [0.25, 0.3) is 0 Å². The summed E-state index contributed by atoms with van der Waals surface area (Å²) in [6.07, 6.45) is 2.66. The fraction of sp³-hybridized carbons (Fsp3) is 0.294. The first-order chi connectivity index (χ1) is 9.69. The second-order valence-corrected chi connectivity index (χ2v) is 5.06. The molecule has 106 valence electrons. The summed E-state index contributed by atoms with van der Waals surface area (Å²) >= 11 is 0. The first-order valence-corrected chi connectivity index (χ1v) is 6.83. The van der Waals surface area contributed by atoms with E-state index in [1.165, 1.54) is 11.1 Å². The number of quaternary nitrogens is 1. The fourth-order valence-corrected chi connectivity index (χ4v) is 2.25. The molecule has 2 aromatic rings. The topological polar surface area (TPSA) is 39.0 Å². The van der Waals surface area contributed by atoms with Crippen LogP contribution < -0.4 is 10.1 Å². The Morgan fingerprint density at radius 2 is 2.05 bits per heavy atom. The molecule has 1 heterocycles. The molecule has 1 atom stereocenters. The van der Waals surface area contributed by atoms with E-state index >= 15 is 0 Å². The van der Waals surface area contributed by atoms with Crippen molar-refractivity contribution >= 4 is 0 Å². The van der Waals surface area contributed by atoms with Gasteiger partial charge in [0.15, 0.2) is 5.76 Å². The van der Waals surface area contributed by atoms with E-state index in [4.69, 9.17) is 9.15 Å². The van der Waals surface area contributed by atoms with Gasteiger partial charge in [0.2, 0.25) is 0 Å². The van der Waals surface area contributed by atoms with Crippen LogP contribution in [0, 0.1) is 0 Å². The van der Waals surface area contributed by atoms with E-state index in [-0.39, 0.29) is 0 Å². The minimum atomic E-state index is 0.350. The number of furan rings is 1. The molecule has 0 amide bonds. The summed E-state index contributed by atoms with van der Waals surface area (Å²) in [5.74, 6) is 1.87. The van der Waals surface area contributed by atoms with Crippen LogP contribution >= 0.6 is 0 Å². The number of ether oxygens (including phenoxy) is 1. The molecule has 20 heavy (non-hydrogen) atoms. The SMILES string of the molecule is C=C(C)C[C@@H]([NH2+]Cc1ccco1)c1ccc(OC)cc1. The molecule has 0 spiro atoms. The average molecular weight is 272 g/mol. The number of hydrogen-bond acceptors (Lipinski definition) is 2. The van der Waals surface area contributed by atoms with Gasteiger partial charge in [-0.05, 0) is 43.3 Å². The minimum Gasteiger partial charge on any atom is -0.497 e. The number of methoxy groups -OCH3 is 1. The third-order valence-electron chi connectivity index (χ3n) is 3.30. The molecule has 3 nitrogen and oxygen atoms in total. The Balaban J connectivity index is 2.07. The van der Waals surface area contributed by atoms with Crippen molar-refractivity contribution in [3.63, 3.8) is 0 Å². The van der Waals surface area contributed by atoms with Crippen LogP contribution in [0.15, 0.2) is 59.2 Å². The van der Waals surface area contributed by atoms with E-state index in [1.54, 1.807) is 13.4 Å². The van der Waals surface area contributed by atoms with Crippen LogP contribution in [-0.2, 0) is 6.54 Å². The highest BCUT2D eigenvalue weighted by Gasteiger charge is 2.15. The van der Waals surface area contributed by atoms with Crippen molar-refractivity contribution < 1.29 is 14.5 Å². The van der Waals surface area contributed by atoms with Crippen molar-refractivity contribution in [2.24, 2.45) is 0 Å². The zero-order valence-electron chi connectivity index (χ0n) is 12.1. The Morgan fingerprint density at radius 1 is 1.30 bits per heavy atom. The Hall–Kier alpha value is -2.00. The summed E-state index contributed by atoms with van der Waals surface area (Å²) in [5, 5.41) is 2.29. The van der Waals surface area contributed by atoms with Crippen molar-refractivity contribution in [2.45, 2.75) is 25.9 Å². The van der Waals surface area contributed by atoms with Gasteiger partial charge >= 0.3 is 0 Å². The zero-order chi connectivity index (χ0) is 14.4. The third kappa shape index (κ3) is 4.00. The van der Waals surface area contributed by atoms with Gasteiger partial charge in [0.1, 0.15) is 18.3 Å². The molecule has 2 N–H and O–H groups in total. The number of benzene rings is 1. The van der Waals surface area contributed by atoms with Crippen LogP contribution in [0.4, 0.5) is 0 Å². The van der Waals surface area contributed by atoms with Gasteiger partial charge in [-0.25, -0.2) is 0 Å². The maximum atomic E-state index is 5.39. The summed E-state index contributed by atoms with van der Waals surface area (Å²) in [5.41, 5.74) is 2.46. The number of hydrogen-bond donors (Lipinski definition) is 1. The van der Waals surface area contributed by atoms with Gasteiger partial charge < -0.3 is 14.5 Å². The lowest BCUT2D eigenvalue weighted by Gasteiger charge is -2.16. The standard InChI is InChI=1S/C17H21NO2/c1-13(2)11-17(18-12-16-5-4-10-20-16)14-6-8-15(19-3)9-7-14/h4-10,17-18H,1,11-12H2,2-3H3/p+1/t17-/m1/s1. The molecule has 0 aliphatic heterocycles. The molecule has 2 rings (SSSR count). The lowest BCUT2D eigenvalue weighted by molar-refractivity contribution is -0.712. The molecule has 0 radical (unpaired) electrons. The van der Waals surface area contributed by atoms with Crippen molar-refractivity contribution in [2.75, 3.05) is 7.11 Å². The molecular formula is C17H22NO2+. The molecule has 1 aromatic heterocycles. The largest absolute Gasteiger partial charge is 0.497 e. The van der Waals surface area contributed by atoms with Crippen molar-refractivity contribution in [3.8, 4) is 5.75 Å². The molecular weight excluding hydrogens is 250 g/mol. The van der Waals surface area contributed by atoms with Gasteiger partial charge in [0.05, 0.1) is 13.4 Å². The van der Waals surface area contributed by atoms with Crippen molar-refractivity contribution in [3.05, 3.63) is 66.1 Å². The highest BCUT2D eigenvalue weighted by Crippen LogP contribution is 2.20. The summed E-state index contributed by atoms with van der Waals surface area (Å²) in [7, 11) is 1.68. The number of rotatable bonds is 7. The van der Waals surface area contributed by atoms with Crippen molar-refractivity contribution in [1.82, 2.24) is 0 Å². The fourth-order valence-electron chi connectivity index (χ4n) is 2.25. The van der Waals surface area contributed by atoms with Gasteiger partial charge in [-0.1, -0.05) is 12.2 Å². The van der Waals surface area contributed by atoms with E-state index in [9.17, 15) is 0 Å². The Bertz CT molecular complexity index is 529. The van der Waals surface area contributed by atoms with Crippen molar-refractivity contribution in [1.29, 1.82) is 0 Å². The maximum Gasteiger partial charge on any atom is 0.157 e. The molecule has 0 bridgehead atoms. The van der Waals surface area contributed by atoms with Gasteiger partial charge in [0, 0.05) is 12.0 Å². The van der Waals surface area contributed by atoms with Gasteiger partial charge in [-0.3, -0.25) is 0 Å². The summed E-state index contributed by atoms with van der Waals surface area (Å²) in [4.78, 5) is 0. The maximum absolute atomic E-state index is 5.39. The summed E-state index contributed by atoms with van der Waals surface area (Å²) < 4.78 is 10.6. The second kappa shape index (κ2) is 6.96. The highest BCUT2D eigenvalue weighted by atomic mass is 16.5. The minimum absolute atomic E-state index is 0.350. The summed E-state index contributed by atoms with van der Waals surface area (Å²) in [6, 6.07) is 12.5. The van der Waals surface area contributed by atoms with Crippen LogP contribution in [0.1, 0.15) is 30.7 Å². The third-order valence-corrected chi connectivity index (χ3v) is 3.30. The van der Waals surface area contributed by atoms with Crippen LogP contribution in [0.25, 0.3) is 0 Å². The molecule has 0 unspecified atom stereocenters. The first-order valence-electron chi connectivity index (χ1n) is 6.83. The lowest BCUT2D eigenvalue weighted by atomic mass is 10.00. The molecule has 0 fully saturated rings. The van der Waals surface area contributed by atoms with Gasteiger partial charge in [-0.15, -0.1) is 0 Å². The molecule has 3 heteroatoms. The number of nitrogens with two attached hydrogens (primary N) is 1. The highest BCUT2D eigenvalue weighted by molar-refractivity contribution is 5.28. The predicted octanol–water partition coefficient (Wildman–Crippen LogP) is 3.06. The lowest BCUT2D eigenvalue weighted by Crippen LogP contribution is -2.83. The Kier molecular flexibility index (Phi) is 5.02. The van der Waals surface area contributed by atoms with Crippen LogP contribution in [-0.4, -0.2) is 7.11 Å². The average Bonchev–Trinajstić information content (AvgIpc) is 2.96. The molecule has 0 saturated heterocycles. The Labute approximate surface area is 120 Å².